The zero-order valence-electron chi connectivity index (χ0n) is 20.2. The molecule has 0 aliphatic carbocycles. The number of rotatable bonds is 4. The maximum atomic E-state index is 13.8. The summed E-state index contributed by atoms with van der Waals surface area (Å²) in [6.45, 7) is 1.37. The molecule has 0 radical (unpaired) electrons. The van der Waals surface area contributed by atoms with Crippen LogP contribution in [0.15, 0.2) is 72.8 Å². The van der Waals surface area contributed by atoms with Gasteiger partial charge in [-0.05, 0) is 41.8 Å². The second-order valence-corrected chi connectivity index (χ2v) is 9.55. The normalized spacial score (nSPS) is 17.3. The number of likely N-dealkylation sites (N-methyl/N-ethyl adjacent to an activating group) is 1. The molecule has 2 aliphatic rings. The van der Waals surface area contributed by atoms with Gasteiger partial charge in [-0.1, -0.05) is 54.6 Å². The Balaban J connectivity index is 1.40. The SMILES string of the molecule is CN(C)C(=O)CN1CN(c2ccccc2)C2(CCN(C(=O)c3cccc4ccccc34)CC2)C1=O. The van der Waals surface area contributed by atoms with Crippen molar-refractivity contribution in [1.29, 1.82) is 0 Å². The van der Waals surface area contributed by atoms with Gasteiger partial charge in [0, 0.05) is 38.4 Å². The minimum atomic E-state index is -0.760. The molecular weight excluding hydrogens is 440 g/mol. The standard InChI is InChI=1S/C28H30N4O3/c1-29(2)25(33)19-31-20-32(22-11-4-3-5-12-22)28(27(31)35)15-17-30(18-16-28)26(34)24-14-8-10-21-9-6-7-13-23(21)24/h3-14H,15-20H2,1-2H3. The quantitative estimate of drug-likeness (QED) is 0.588. The summed E-state index contributed by atoms with van der Waals surface area (Å²) in [6, 6.07) is 23.6. The summed E-state index contributed by atoms with van der Waals surface area (Å²) in [5.41, 5.74) is 0.883. The molecular formula is C28H30N4O3. The van der Waals surface area contributed by atoms with Gasteiger partial charge < -0.3 is 19.6 Å². The van der Waals surface area contributed by atoms with Crippen LogP contribution in [0, 0.1) is 0 Å². The van der Waals surface area contributed by atoms with E-state index in [1.54, 1.807) is 19.0 Å². The molecule has 0 aromatic heterocycles. The van der Waals surface area contributed by atoms with Crippen LogP contribution >= 0.6 is 0 Å². The highest BCUT2D eigenvalue weighted by atomic mass is 16.2. The Morgan fingerprint density at radius 1 is 0.886 bits per heavy atom. The van der Waals surface area contributed by atoms with Crippen LogP contribution in [-0.2, 0) is 9.59 Å². The lowest BCUT2D eigenvalue weighted by Gasteiger charge is -2.43. The third-order valence-corrected chi connectivity index (χ3v) is 7.30. The van der Waals surface area contributed by atoms with E-state index < -0.39 is 5.54 Å². The molecule has 3 aromatic carbocycles. The fourth-order valence-electron chi connectivity index (χ4n) is 5.29. The molecule has 2 heterocycles. The molecule has 3 aromatic rings. The van der Waals surface area contributed by atoms with Crippen LogP contribution in [0.3, 0.4) is 0 Å². The molecule has 180 valence electrons. The van der Waals surface area contributed by atoms with Crippen molar-refractivity contribution in [2.24, 2.45) is 0 Å². The minimum Gasteiger partial charge on any atom is -0.347 e. The van der Waals surface area contributed by atoms with Crippen LogP contribution in [0.5, 0.6) is 0 Å². The number of para-hydroxylation sites is 1. The lowest BCUT2D eigenvalue weighted by atomic mass is 9.85. The molecule has 2 saturated heterocycles. The summed E-state index contributed by atoms with van der Waals surface area (Å²) >= 11 is 0. The van der Waals surface area contributed by atoms with E-state index in [-0.39, 0.29) is 24.3 Å². The van der Waals surface area contributed by atoms with Gasteiger partial charge in [0.25, 0.3) is 11.8 Å². The topological polar surface area (TPSA) is 64.2 Å². The van der Waals surface area contributed by atoms with Crippen LogP contribution in [-0.4, -0.2) is 78.4 Å². The van der Waals surface area contributed by atoms with Crippen molar-refractivity contribution in [3.63, 3.8) is 0 Å². The summed E-state index contributed by atoms with van der Waals surface area (Å²) in [5, 5.41) is 1.98. The maximum absolute atomic E-state index is 13.8. The van der Waals surface area contributed by atoms with Crippen molar-refractivity contribution >= 4 is 34.2 Å². The fourth-order valence-corrected chi connectivity index (χ4v) is 5.29. The van der Waals surface area contributed by atoms with Crippen LogP contribution in [0.1, 0.15) is 23.2 Å². The number of carbonyl (C=O) groups is 3. The lowest BCUT2D eigenvalue weighted by Crippen LogP contribution is -2.57. The van der Waals surface area contributed by atoms with E-state index >= 15 is 0 Å². The lowest BCUT2D eigenvalue weighted by molar-refractivity contribution is -0.139. The Morgan fingerprint density at radius 3 is 2.26 bits per heavy atom. The van der Waals surface area contributed by atoms with Gasteiger partial charge in [-0.25, -0.2) is 0 Å². The van der Waals surface area contributed by atoms with Crippen LogP contribution in [0.2, 0.25) is 0 Å². The Bertz CT molecular complexity index is 1260. The van der Waals surface area contributed by atoms with Gasteiger partial charge in [0.05, 0.1) is 6.67 Å². The molecule has 0 N–H and O–H groups in total. The third kappa shape index (κ3) is 4.01. The Hall–Kier alpha value is -3.87. The third-order valence-electron chi connectivity index (χ3n) is 7.30. The number of nitrogens with zero attached hydrogens (tertiary/aromatic N) is 4. The first-order valence-corrected chi connectivity index (χ1v) is 12.0. The molecule has 5 rings (SSSR count). The molecule has 0 bridgehead atoms. The molecule has 0 atom stereocenters. The molecule has 0 unspecified atom stereocenters. The number of hydrogen-bond acceptors (Lipinski definition) is 4. The van der Waals surface area contributed by atoms with E-state index in [1.165, 1.54) is 4.90 Å². The van der Waals surface area contributed by atoms with Gasteiger partial charge in [0.2, 0.25) is 5.91 Å². The fraction of sp³-hybridized carbons (Fsp3) is 0.321. The second kappa shape index (κ2) is 9.06. The van der Waals surface area contributed by atoms with Crippen molar-refractivity contribution in [2.75, 3.05) is 45.3 Å². The average Bonchev–Trinajstić information content (AvgIpc) is 3.15. The van der Waals surface area contributed by atoms with Gasteiger partial charge in [0.15, 0.2) is 0 Å². The van der Waals surface area contributed by atoms with Gasteiger partial charge in [0.1, 0.15) is 12.1 Å². The highest BCUT2D eigenvalue weighted by Gasteiger charge is 2.54. The van der Waals surface area contributed by atoms with Crippen LogP contribution in [0.4, 0.5) is 5.69 Å². The largest absolute Gasteiger partial charge is 0.347 e. The molecule has 0 saturated carbocycles. The Morgan fingerprint density at radius 2 is 1.54 bits per heavy atom. The summed E-state index contributed by atoms with van der Waals surface area (Å²) < 4.78 is 0. The molecule has 35 heavy (non-hydrogen) atoms. The van der Waals surface area contributed by atoms with Gasteiger partial charge in [-0.3, -0.25) is 14.4 Å². The zero-order valence-corrected chi connectivity index (χ0v) is 20.2. The van der Waals surface area contributed by atoms with E-state index in [1.807, 2.05) is 77.7 Å². The van der Waals surface area contributed by atoms with E-state index in [4.69, 9.17) is 0 Å². The highest BCUT2D eigenvalue weighted by molar-refractivity contribution is 6.07. The summed E-state index contributed by atoms with van der Waals surface area (Å²) in [7, 11) is 3.40. The number of fused-ring (bicyclic) bond motifs is 1. The number of amides is 3. The first kappa shape index (κ1) is 22.9. The number of carbonyl (C=O) groups excluding carboxylic acids is 3. The van der Waals surface area contributed by atoms with E-state index in [9.17, 15) is 14.4 Å². The summed E-state index contributed by atoms with van der Waals surface area (Å²) in [5.74, 6) is -0.145. The molecule has 2 fully saturated rings. The Labute approximate surface area is 205 Å². The smallest absolute Gasteiger partial charge is 0.254 e. The van der Waals surface area contributed by atoms with E-state index in [0.717, 1.165) is 16.5 Å². The second-order valence-electron chi connectivity index (χ2n) is 9.55. The predicted molar refractivity (Wildman–Crippen MR) is 136 cm³/mol. The number of benzene rings is 3. The molecule has 7 heteroatoms. The molecule has 7 nitrogen and oxygen atoms in total. The first-order valence-electron chi connectivity index (χ1n) is 12.0. The van der Waals surface area contributed by atoms with Crippen molar-refractivity contribution in [3.8, 4) is 0 Å². The molecule has 2 aliphatic heterocycles. The van der Waals surface area contributed by atoms with Crippen molar-refractivity contribution in [3.05, 3.63) is 78.4 Å². The summed E-state index contributed by atoms with van der Waals surface area (Å²) in [4.78, 5) is 46.8. The monoisotopic (exact) mass is 470 g/mol. The van der Waals surface area contributed by atoms with Crippen molar-refractivity contribution < 1.29 is 14.4 Å². The van der Waals surface area contributed by atoms with E-state index in [2.05, 4.69) is 4.90 Å². The molecule has 1 spiro atoms. The molecule has 3 amide bonds. The number of hydrogen-bond donors (Lipinski definition) is 0. The number of likely N-dealkylation sites (tertiary alicyclic amines) is 1. The van der Waals surface area contributed by atoms with Gasteiger partial charge >= 0.3 is 0 Å². The van der Waals surface area contributed by atoms with E-state index in [0.29, 0.717) is 38.2 Å². The van der Waals surface area contributed by atoms with Crippen molar-refractivity contribution in [1.82, 2.24) is 14.7 Å². The van der Waals surface area contributed by atoms with Crippen LogP contribution in [0.25, 0.3) is 10.8 Å². The minimum absolute atomic E-state index is 0.00648. The van der Waals surface area contributed by atoms with Gasteiger partial charge in [-0.2, -0.15) is 0 Å². The Kier molecular flexibility index (Phi) is 5.93. The van der Waals surface area contributed by atoms with Crippen molar-refractivity contribution in [2.45, 2.75) is 18.4 Å². The first-order chi connectivity index (χ1) is 16.9. The number of anilines is 1. The zero-order chi connectivity index (χ0) is 24.6. The van der Waals surface area contributed by atoms with Crippen LogP contribution < -0.4 is 4.90 Å². The summed E-state index contributed by atoms with van der Waals surface area (Å²) in [6.07, 6.45) is 1.04. The maximum Gasteiger partial charge on any atom is 0.254 e. The highest BCUT2D eigenvalue weighted by Crippen LogP contribution is 2.40. The average molecular weight is 471 g/mol. The number of piperidine rings is 1. The predicted octanol–water partition coefficient (Wildman–Crippen LogP) is 3.21. The van der Waals surface area contributed by atoms with Gasteiger partial charge in [-0.15, -0.1) is 0 Å².